The van der Waals surface area contributed by atoms with E-state index in [4.69, 9.17) is 0 Å². The quantitative estimate of drug-likeness (QED) is 0.862. The molecular weight excluding hydrogens is 362 g/mol. The van der Waals surface area contributed by atoms with E-state index in [1.165, 1.54) is 11.3 Å². The number of hydrogen-bond donors (Lipinski definition) is 1. The van der Waals surface area contributed by atoms with Crippen LogP contribution in [0.3, 0.4) is 0 Å². The predicted octanol–water partition coefficient (Wildman–Crippen LogP) is 1.78. The molecule has 1 atom stereocenters. The molecule has 0 radical (unpaired) electrons. The van der Waals surface area contributed by atoms with Crippen LogP contribution < -0.4 is 4.90 Å². The Balaban J connectivity index is 1.48. The predicted molar refractivity (Wildman–Crippen MR) is 113 cm³/mol. The van der Waals surface area contributed by atoms with Gasteiger partial charge in [-0.15, -0.1) is 0 Å². The van der Waals surface area contributed by atoms with Gasteiger partial charge in [0.2, 0.25) is 0 Å². The van der Waals surface area contributed by atoms with Gasteiger partial charge in [-0.25, -0.2) is 0 Å². The maximum absolute atomic E-state index is 13.5. The molecule has 1 N–H and O–H groups in total. The Morgan fingerprint density at radius 2 is 1.31 bits per heavy atom. The molecule has 0 aliphatic carbocycles. The second-order valence-corrected chi connectivity index (χ2v) is 8.05. The van der Waals surface area contributed by atoms with Crippen LogP contribution in [0.5, 0.6) is 0 Å². The normalized spacial score (nSPS) is 19.0. The van der Waals surface area contributed by atoms with Gasteiger partial charge in [0.25, 0.3) is 11.8 Å². The van der Waals surface area contributed by atoms with Crippen molar-refractivity contribution in [3.63, 3.8) is 0 Å². The van der Waals surface area contributed by atoms with Crippen LogP contribution in [0.15, 0.2) is 60.7 Å². The molecule has 0 unspecified atom stereocenters. The molecule has 2 fully saturated rings. The van der Waals surface area contributed by atoms with E-state index in [0.29, 0.717) is 13.1 Å². The molecule has 5 heteroatoms. The van der Waals surface area contributed by atoms with Gasteiger partial charge in [-0.1, -0.05) is 48.5 Å². The Kier molecular flexibility index (Phi) is 6.25. The Labute approximate surface area is 172 Å². The van der Waals surface area contributed by atoms with Gasteiger partial charge in [0.1, 0.15) is 0 Å². The average molecular weight is 393 g/mol. The van der Waals surface area contributed by atoms with Gasteiger partial charge in [-0.3, -0.25) is 9.59 Å². The van der Waals surface area contributed by atoms with E-state index >= 15 is 0 Å². The molecule has 29 heavy (non-hydrogen) atoms. The van der Waals surface area contributed by atoms with Crippen LogP contribution in [0.1, 0.15) is 41.2 Å². The highest BCUT2D eigenvalue weighted by Crippen LogP contribution is 2.17. The maximum Gasteiger partial charge on any atom is 0.285 e. The Morgan fingerprint density at radius 3 is 1.93 bits per heavy atom. The number of likely N-dealkylation sites (tertiary alicyclic amines) is 1. The second-order valence-electron chi connectivity index (χ2n) is 8.05. The zero-order chi connectivity index (χ0) is 20.1. The van der Waals surface area contributed by atoms with Gasteiger partial charge in [0.05, 0.1) is 26.2 Å². The molecule has 0 spiro atoms. The van der Waals surface area contributed by atoms with E-state index < -0.39 is 0 Å². The lowest BCUT2D eigenvalue weighted by atomic mass is 10.0. The van der Waals surface area contributed by atoms with Crippen molar-refractivity contribution in [1.29, 1.82) is 0 Å². The van der Waals surface area contributed by atoms with E-state index in [0.717, 1.165) is 50.1 Å². The van der Waals surface area contributed by atoms with Gasteiger partial charge in [0.15, 0.2) is 6.04 Å². The van der Waals surface area contributed by atoms with Crippen molar-refractivity contribution in [3.05, 3.63) is 71.8 Å². The third-order valence-electron chi connectivity index (χ3n) is 6.17. The highest BCUT2D eigenvalue weighted by Gasteiger charge is 2.37. The van der Waals surface area contributed by atoms with E-state index in [1.807, 2.05) is 53.4 Å². The van der Waals surface area contributed by atoms with Crippen LogP contribution in [0.2, 0.25) is 0 Å². The SMILES string of the molecule is O=C(c1ccccc1)N1CC[NH+]([C@@H](C(=O)N2CCCCC2)c2ccccc2)CC1. The van der Waals surface area contributed by atoms with Crippen molar-refractivity contribution in [2.24, 2.45) is 0 Å². The number of nitrogens with one attached hydrogen (secondary N) is 1. The number of carbonyl (C=O) groups excluding carboxylic acids is 2. The maximum atomic E-state index is 13.5. The smallest absolute Gasteiger partial charge is 0.285 e. The zero-order valence-corrected chi connectivity index (χ0v) is 16.9. The molecule has 0 bridgehead atoms. The molecular formula is C24H30N3O2+. The molecule has 2 heterocycles. The summed E-state index contributed by atoms with van der Waals surface area (Å²) in [5.74, 6) is 0.331. The van der Waals surface area contributed by atoms with Gasteiger partial charge < -0.3 is 14.7 Å². The minimum atomic E-state index is -0.178. The van der Waals surface area contributed by atoms with Crippen LogP contribution in [0.25, 0.3) is 0 Å². The van der Waals surface area contributed by atoms with Gasteiger partial charge in [-0.2, -0.15) is 0 Å². The van der Waals surface area contributed by atoms with Gasteiger partial charge in [-0.05, 0) is 31.4 Å². The molecule has 0 saturated carbocycles. The highest BCUT2D eigenvalue weighted by molar-refractivity contribution is 5.94. The van der Waals surface area contributed by atoms with Crippen molar-refractivity contribution in [2.45, 2.75) is 25.3 Å². The number of rotatable bonds is 4. The summed E-state index contributed by atoms with van der Waals surface area (Å²) in [6.45, 7) is 4.68. The third-order valence-corrected chi connectivity index (χ3v) is 6.17. The number of piperidine rings is 1. The molecule has 152 valence electrons. The lowest BCUT2D eigenvalue weighted by Crippen LogP contribution is -3.16. The number of piperazine rings is 1. The van der Waals surface area contributed by atoms with Crippen molar-refractivity contribution in [3.8, 4) is 0 Å². The highest BCUT2D eigenvalue weighted by atomic mass is 16.2. The summed E-state index contributed by atoms with van der Waals surface area (Å²) < 4.78 is 0. The minimum Gasteiger partial charge on any atom is -0.337 e. The van der Waals surface area contributed by atoms with Crippen molar-refractivity contribution < 1.29 is 14.5 Å². The molecule has 2 saturated heterocycles. The number of nitrogens with zero attached hydrogens (tertiary/aromatic N) is 2. The Hall–Kier alpha value is -2.66. The summed E-state index contributed by atoms with van der Waals surface area (Å²) in [7, 11) is 0. The number of amides is 2. The minimum absolute atomic E-state index is 0.0864. The average Bonchev–Trinajstić information content (AvgIpc) is 2.81. The zero-order valence-electron chi connectivity index (χ0n) is 16.9. The fraction of sp³-hybridized carbons (Fsp3) is 0.417. The van der Waals surface area contributed by atoms with Crippen molar-refractivity contribution >= 4 is 11.8 Å². The summed E-state index contributed by atoms with van der Waals surface area (Å²) in [5.41, 5.74) is 1.82. The molecule has 2 aromatic rings. The molecule has 4 rings (SSSR count). The molecule has 2 aliphatic rings. The largest absolute Gasteiger partial charge is 0.337 e. The van der Waals surface area contributed by atoms with E-state index in [1.54, 1.807) is 0 Å². The van der Waals surface area contributed by atoms with Crippen molar-refractivity contribution in [1.82, 2.24) is 9.80 Å². The molecule has 2 amide bonds. The fourth-order valence-electron chi connectivity index (χ4n) is 4.54. The first-order chi connectivity index (χ1) is 14.2. The monoisotopic (exact) mass is 392 g/mol. The van der Waals surface area contributed by atoms with Crippen LogP contribution in [-0.2, 0) is 4.79 Å². The molecule has 5 nitrogen and oxygen atoms in total. The lowest BCUT2D eigenvalue weighted by molar-refractivity contribution is -0.926. The van der Waals surface area contributed by atoms with Crippen LogP contribution >= 0.6 is 0 Å². The molecule has 0 aromatic heterocycles. The summed E-state index contributed by atoms with van der Waals surface area (Å²) in [4.78, 5) is 31.5. The molecule has 2 aromatic carbocycles. The Bertz CT molecular complexity index is 811. The lowest BCUT2D eigenvalue weighted by Gasteiger charge is -2.38. The second kappa shape index (κ2) is 9.23. The summed E-state index contributed by atoms with van der Waals surface area (Å²) in [6.07, 6.45) is 3.41. The fourth-order valence-corrected chi connectivity index (χ4v) is 4.54. The van der Waals surface area contributed by atoms with Crippen LogP contribution in [-0.4, -0.2) is 60.9 Å². The topological polar surface area (TPSA) is 45.1 Å². The van der Waals surface area contributed by atoms with E-state index in [9.17, 15) is 9.59 Å². The number of carbonyl (C=O) groups is 2. The summed E-state index contributed by atoms with van der Waals surface area (Å²) >= 11 is 0. The van der Waals surface area contributed by atoms with E-state index in [-0.39, 0.29) is 17.9 Å². The van der Waals surface area contributed by atoms with E-state index in [2.05, 4.69) is 17.0 Å². The van der Waals surface area contributed by atoms with Crippen LogP contribution in [0, 0.1) is 0 Å². The van der Waals surface area contributed by atoms with Crippen molar-refractivity contribution in [2.75, 3.05) is 39.3 Å². The third kappa shape index (κ3) is 4.51. The van der Waals surface area contributed by atoms with Crippen LogP contribution in [0.4, 0.5) is 0 Å². The van der Waals surface area contributed by atoms with Gasteiger partial charge >= 0.3 is 0 Å². The summed E-state index contributed by atoms with van der Waals surface area (Å²) in [5, 5.41) is 0. The first kappa shape index (κ1) is 19.6. The molecule has 2 aliphatic heterocycles. The standard InChI is InChI=1S/C24H29N3O2/c28-23(21-12-6-2-7-13-21)27-18-16-25(17-19-27)22(20-10-4-1-5-11-20)24(29)26-14-8-3-9-15-26/h1-2,4-7,10-13,22H,3,8-9,14-19H2/p+1/t22-/m1/s1. The first-order valence-electron chi connectivity index (χ1n) is 10.8. The summed E-state index contributed by atoms with van der Waals surface area (Å²) in [6, 6.07) is 19.5. The number of hydrogen-bond acceptors (Lipinski definition) is 2. The first-order valence-corrected chi connectivity index (χ1v) is 10.8. The number of benzene rings is 2. The van der Waals surface area contributed by atoms with Gasteiger partial charge in [0, 0.05) is 24.2 Å². The number of quaternary nitrogens is 1. The Morgan fingerprint density at radius 1 is 0.724 bits per heavy atom.